The van der Waals surface area contributed by atoms with Gasteiger partial charge in [-0.3, -0.25) is 0 Å². The van der Waals surface area contributed by atoms with Crippen LogP contribution in [0.5, 0.6) is 0 Å². The van der Waals surface area contributed by atoms with Crippen LogP contribution in [0.1, 0.15) is 153 Å². The second kappa shape index (κ2) is 19.7. The van der Waals surface area contributed by atoms with Crippen LogP contribution in [0.2, 0.25) is 0 Å². The molecule has 0 saturated carbocycles. The first-order valence-electron chi connectivity index (χ1n) is 17.3. The van der Waals surface area contributed by atoms with Gasteiger partial charge in [-0.15, -0.1) is 0 Å². The van der Waals surface area contributed by atoms with Gasteiger partial charge in [0.1, 0.15) is 12.4 Å². The molecule has 0 aliphatic heterocycles. The minimum Gasteiger partial charge on any atom is -0.247 e. The Balaban J connectivity index is 1.59. The molecule has 1 N–H and O–H groups in total. The number of imidazole rings is 1. The Morgan fingerprint density at radius 3 is 1.73 bits per heavy atom. The molecule has 0 saturated heterocycles. The van der Waals surface area contributed by atoms with Crippen molar-refractivity contribution in [1.29, 1.82) is 0 Å². The van der Waals surface area contributed by atoms with E-state index in [1.54, 1.807) is 0 Å². The summed E-state index contributed by atoms with van der Waals surface area (Å²) in [6, 6.07) is 22.4. The molecule has 3 rings (SSSR count). The van der Waals surface area contributed by atoms with Crippen molar-refractivity contribution in [2.45, 2.75) is 154 Å². The number of aromatic amines is 1. The highest BCUT2D eigenvalue weighted by molar-refractivity contribution is 5.32. The Bertz CT molecular complexity index is 1020. The van der Waals surface area contributed by atoms with Gasteiger partial charge in [0.2, 0.25) is 0 Å². The summed E-state index contributed by atoms with van der Waals surface area (Å²) in [5, 5.41) is 0. The molecule has 3 aromatic rings. The number of aromatic nitrogens is 2. The smallest absolute Gasteiger partial charge is 0.247 e. The molecule has 2 nitrogen and oxygen atoms in total. The summed E-state index contributed by atoms with van der Waals surface area (Å²) in [6.45, 7) is 8.26. The van der Waals surface area contributed by atoms with Crippen molar-refractivity contribution in [3.63, 3.8) is 0 Å². The van der Waals surface area contributed by atoms with Gasteiger partial charge in [-0.2, -0.15) is 0 Å². The van der Waals surface area contributed by atoms with Gasteiger partial charge in [-0.1, -0.05) is 171 Å². The van der Waals surface area contributed by atoms with Crippen LogP contribution < -0.4 is 4.57 Å². The van der Waals surface area contributed by atoms with E-state index in [0.29, 0.717) is 5.92 Å². The second-order valence-electron chi connectivity index (χ2n) is 12.8. The molecule has 1 aromatic heterocycles. The molecule has 0 aliphatic carbocycles. The molecule has 2 unspecified atom stereocenters. The van der Waals surface area contributed by atoms with Crippen LogP contribution in [0.15, 0.2) is 73.1 Å². The van der Waals surface area contributed by atoms with Gasteiger partial charge >= 0.3 is 0 Å². The van der Waals surface area contributed by atoms with Gasteiger partial charge in [0.25, 0.3) is 5.82 Å². The standard InChI is InChI=1S/C39H60N2/c1-4-6-8-9-10-11-12-13-14-15-16-17-25-32-41-33-31-40-38(41)37(30-20-7-5-2)39(3,36-28-23-19-24-29-36)34-35-26-21-18-22-27-35/h18-19,21-24,26-29,31,33,37H,4-17,20,25,30,32,34H2,1-3H3/p+1. The fraction of sp³-hybridized carbons (Fsp3) is 0.615. The molecule has 226 valence electrons. The first-order valence-corrected chi connectivity index (χ1v) is 17.3. The number of unbranched alkanes of at least 4 members (excludes halogenated alkanes) is 14. The lowest BCUT2D eigenvalue weighted by Gasteiger charge is -2.37. The van der Waals surface area contributed by atoms with Crippen molar-refractivity contribution in [2.75, 3.05) is 0 Å². The maximum Gasteiger partial charge on any atom is 0.258 e. The van der Waals surface area contributed by atoms with Crippen LogP contribution >= 0.6 is 0 Å². The lowest BCUT2D eigenvalue weighted by molar-refractivity contribution is -0.705. The highest BCUT2D eigenvalue weighted by Crippen LogP contribution is 2.43. The molecule has 2 aromatic carbocycles. The van der Waals surface area contributed by atoms with E-state index in [-0.39, 0.29) is 5.41 Å². The van der Waals surface area contributed by atoms with Crippen LogP contribution in [0, 0.1) is 0 Å². The molecular weight excluding hydrogens is 496 g/mol. The zero-order chi connectivity index (χ0) is 29.0. The van der Waals surface area contributed by atoms with E-state index < -0.39 is 0 Å². The highest BCUT2D eigenvalue weighted by Gasteiger charge is 2.41. The van der Waals surface area contributed by atoms with E-state index in [2.05, 4.69) is 103 Å². The number of hydrogen-bond acceptors (Lipinski definition) is 0. The van der Waals surface area contributed by atoms with Gasteiger partial charge < -0.3 is 0 Å². The van der Waals surface area contributed by atoms with Crippen molar-refractivity contribution in [3.8, 4) is 0 Å². The van der Waals surface area contributed by atoms with Gasteiger partial charge in [0.15, 0.2) is 0 Å². The van der Waals surface area contributed by atoms with Crippen molar-refractivity contribution in [3.05, 3.63) is 90.0 Å². The SMILES string of the molecule is CCCCCCCCCCCCCCC[n+]1cc[nH]c1C(CCCCC)C(C)(Cc1ccccc1)c1ccccc1. The number of H-pyrrole nitrogens is 1. The lowest BCUT2D eigenvalue weighted by Crippen LogP contribution is -2.43. The molecular formula is C39H61N2+. The number of rotatable bonds is 23. The van der Waals surface area contributed by atoms with Crippen LogP contribution in [0.3, 0.4) is 0 Å². The van der Waals surface area contributed by atoms with Crippen LogP contribution in [-0.4, -0.2) is 4.98 Å². The molecule has 0 amide bonds. The molecule has 2 atom stereocenters. The largest absolute Gasteiger partial charge is 0.258 e. The first kappa shape index (κ1) is 33.2. The van der Waals surface area contributed by atoms with Crippen LogP contribution in [0.25, 0.3) is 0 Å². The molecule has 0 aliphatic rings. The lowest BCUT2D eigenvalue weighted by atomic mass is 9.66. The molecule has 1 heterocycles. The van der Waals surface area contributed by atoms with Crippen LogP contribution in [-0.2, 0) is 18.4 Å². The van der Waals surface area contributed by atoms with Crippen molar-refractivity contribution < 1.29 is 4.57 Å². The quantitative estimate of drug-likeness (QED) is 0.0883. The molecule has 0 radical (unpaired) electrons. The highest BCUT2D eigenvalue weighted by atomic mass is 15.1. The summed E-state index contributed by atoms with van der Waals surface area (Å²) in [7, 11) is 0. The fourth-order valence-electron chi connectivity index (χ4n) is 6.79. The third-order valence-corrected chi connectivity index (χ3v) is 9.34. The summed E-state index contributed by atoms with van der Waals surface area (Å²) >= 11 is 0. The Kier molecular flexibility index (Phi) is 15.9. The second-order valence-corrected chi connectivity index (χ2v) is 12.8. The number of nitrogens with zero attached hydrogens (tertiary/aromatic N) is 1. The third kappa shape index (κ3) is 11.4. The Morgan fingerprint density at radius 2 is 1.15 bits per heavy atom. The van der Waals surface area contributed by atoms with Gasteiger partial charge in [0, 0.05) is 5.41 Å². The Morgan fingerprint density at radius 1 is 0.634 bits per heavy atom. The van der Waals surface area contributed by atoms with E-state index in [1.165, 1.54) is 126 Å². The molecule has 0 spiro atoms. The minimum atomic E-state index is 0.0129. The van der Waals surface area contributed by atoms with E-state index in [1.807, 2.05) is 0 Å². The Hall–Kier alpha value is -2.35. The zero-order valence-electron chi connectivity index (χ0n) is 26.9. The van der Waals surface area contributed by atoms with Gasteiger partial charge in [-0.25, -0.2) is 9.55 Å². The number of nitrogens with one attached hydrogen (secondary N) is 1. The third-order valence-electron chi connectivity index (χ3n) is 9.34. The van der Waals surface area contributed by atoms with Crippen molar-refractivity contribution >= 4 is 0 Å². The van der Waals surface area contributed by atoms with E-state index in [9.17, 15) is 0 Å². The van der Waals surface area contributed by atoms with Gasteiger partial charge in [0.05, 0.1) is 12.5 Å². The molecule has 2 heteroatoms. The molecule has 41 heavy (non-hydrogen) atoms. The summed E-state index contributed by atoms with van der Waals surface area (Å²) in [5.41, 5.74) is 2.89. The monoisotopic (exact) mass is 557 g/mol. The van der Waals surface area contributed by atoms with Crippen molar-refractivity contribution in [1.82, 2.24) is 4.98 Å². The predicted molar refractivity (Wildman–Crippen MR) is 178 cm³/mol. The van der Waals surface area contributed by atoms with E-state index in [4.69, 9.17) is 0 Å². The average molecular weight is 558 g/mol. The first-order chi connectivity index (χ1) is 20.2. The predicted octanol–water partition coefficient (Wildman–Crippen LogP) is 11.3. The molecule has 0 bridgehead atoms. The van der Waals surface area contributed by atoms with Gasteiger partial charge in [-0.05, 0) is 36.8 Å². The summed E-state index contributed by atoms with van der Waals surface area (Å²) in [5.74, 6) is 1.86. The van der Waals surface area contributed by atoms with E-state index in [0.717, 1.165) is 13.0 Å². The maximum atomic E-state index is 3.75. The van der Waals surface area contributed by atoms with E-state index >= 15 is 0 Å². The normalized spacial score (nSPS) is 13.7. The number of benzene rings is 2. The average Bonchev–Trinajstić information content (AvgIpc) is 3.46. The summed E-state index contributed by atoms with van der Waals surface area (Å²) in [4.78, 5) is 3.75. The number of aryl methyl sites for hydroxylation is 1. The number of hydrogen-bond donors (Lipinski definition) is 1. The summed E-state index contributed by atoms with van der Waals surface area (Å²) < 4.78 is 2.56. The van der Waals surface area contributed by atoms with Crippen LogP contribution in [0.4, 0.5) is 0 Å². The minimum absolute atomic E-state index is 0.0129. The molecule has 0 fully saturated rings. The maximum absolute atomic E-state index is 3.75. The Labute approximate surface area is 253 Å². The fourth-order valence-corrected chi connectivity index (χ4v) is 6.79. The zero-order valence-corrected chi connectivity index (χ0v) is 26.9. The topological polar surface area (TPSA) is 19.7 Å². The van der Waals surface area contributed by atoms with Crippen molar-refractivity contribution in [2.24, 2.45) is 0 Å². The summed E-state index contributed by atoms with van der Waals surface area (Å²) in [6.07, 6.45) is 28.8.